The maximum atomic E-state index is 14.6. The highest BCUT2D eigenvalue weighted by Gasteiger charge is 2.35. The summed E-state index contributed by atoms with van der Waals surface area (Å²) in [5, 5.41) is 3.88. The molecular weight excluding hydrogens is 665 g/mol. The Bertz CT molecular complexity index is 1800. The van der Waals surface area contributed by atoms with Gasteiger partial charge in [-0.05, 0) is 80.8 Å². The van der Waals surface area contributed by atoms with Gasteiger partial charge in [0.15, 0.2) is 0 Å². The first kappa shape index (κ1) is 35.3. The van der Waals surface area contributed by atoms with Gasteiger partial charge in [-0.2, -0.15) is 0 Å². The zero-order valence-corrected chi connectivity index (χ0v) is 29.1. The molecule has 0 unspecified atom stereocenters. The molecule has 0 saturated heterocycles. The summed E-state index contributed by atoms with van der Waals surface area (Å²) in [4.78, 5) is 29.8. The van der Waals surface area contributed by atoms with Crippen molar-refractivity contribution in [3.8, 4) is 0 Å². The fourth-order valence-electron chi connectivity index (χ4n) is 4.97. The molecule has 0 aliphatic carbocycles. The Morgan fingerprint density at radius 1 is 0.804 bits per heavy atom. The molecule has 0 radical (unpaired) electrons. The Morgan fingerprint density at radius 2 is 1.48 bits per heavy atom. The van der Waals surface area contributed by atoms with Gasteiger partial charge in [-0.3, -0.25) is 13.9 Å². The number of carbonyl (C=O) groups excluding carboxylic acids is 2. The minimum absolute atomic E-state index is 0.0136. The van der Waals surface area contributed by atoms with Gasteiger partial charge in [-0.15, -0.1) is 0 Å². The Labute approximate surface area is 286 Å². The van der Waals surface area contributed by atoms with Gasteiger partial charge in [0.2, 0.25) is 11.8 Å². The maximum Gasteiger partial charge on any atom is 0.264 e. The fraction of sp³-hybridized carbons (Fsp3) is 0.257. The highest BCUT2D eigenvalue weighted by atomic mass is 35.5. The number of hydrogen-bond donors (Lipinski definition) is 1. The van der Waals surface area contributed by atoms with E-state index < -0.39 is 28.5 Å². The molecule has 1 atom stereocenters. The number of nitrogens with one attached hydrogen (secondary N) is 1. The highest BCUT2D eigenvalue weighted by Crippen LogP contribution is 2.31. The zero-order valence-electron chi connectivity index (χ0n) is 26.0. The molecule has 7 nitrogen and oxygen atoms in total. The first-order valence-electron chi connectivity index (χ1n) is 14.7. The normalized spacial score (nSPS) is 12.1. The van der Waals surface area contributed by atoms with Gasteiger partial charge in [-0.25, -0.2) is 8.42 Å². The van der Waals surface area contributed by atoms with E-state index in [0.717, 1.165) is 15.4 Å². The molecule has 0 heterocycles. The molecule has 0 saturated carbocycles. The second-order valence-electron chi connectivity index (χ2n) is 11.4. The maximum absolute atomic E-state index is 14.6. The summed E-state index contributed by atoms with van der Waals surface area (Å²) in [6.07, 6.45) is 0.188. The fourth-order valence-corrected chi connectivity index (χ4v) is 6.93. The number of nitrogens with zero attached hydrogens (tertiary/aromatic N) is 2. The Hall–Kier alpha value is -3.56. The largest absolute Gasteiger partial charge is 0.352 e. The number of anilines is 1. The summed E-state index contributed by atoms with van der Waals surface area (Å²) in [5.41, 5.74) is 3.18. The Balaban J connectivity index is 1.85. The van der Waals surface area contributed by atoms with Crippen LogP contribution >= 0.6 is 34.8 Å². The van der Waals surface area contributed by atoms with Crippen LogP contribution in [0.4, 0.5) is 5.69 Å². The number of aryl methyl sites for hydroxylation is 2. The summed E-state index contributed by atoms with van der Waals surface area (Å²) < 4.78 is 29.6. The molecule has 0 spiro atoms. The summed E-state index contributed by atoms with van der Waals surface area (Å²) in [5.74, 6) is -0.972. The second-order valence-corrected chi connectivity index (χ2v) is 14.5. The van der Waals surface area contributed by atoms with E-state index >= 15 is 0 Å². The molecule has 0 aliphatic heterocycles. The first-order chi connectivity index (χ1) is 21.8. The van der Waals surface area contributed by atoms with Gasteiger partial charge in [0.25, 0.3) is 10.0 Å². The van der Waals surface area contributed by atoms with Crippen LogP contribution in [0.25, 0.3) is 0 Å². The first-order valence-corrected chi connectivity index (χ1v) is 17.3. The van der Waals surface area contributed by atoms with E-state index in [4.69, 9.17) is 34.8 Å². The number of hydrogen-bond acceptors (Lipinski definition) is 4. The summed E-state index contributed by atoms with van der Waals surface area (Å²) in [7, 11) is -4.26. The lowest BCUT2D eigenvalue weighted by Gasteiger charge is -2.34. The van der Waals surface area contributed by atoms with Gasteiger partial charge in [0, 0.05) is 24.0 Å². The smallest absolute Gasteiger partial charge is 0.264 e. The topological polar surface area (TPSA) is 86.8 Å². The lowest BCUT2D eigenvalue weighted by molar-refractivity contribution is -0.140. The van der Waals surface area contributed by atoms with Crippen molar-refractivity contribution in [1.29, 1.82) is 0 Å². The number of rotatable bonds is 12. The van der Waals surface area contributed by atoms with Crippen molar-refractivity contribution in [2.75, 3.05) is 10.8 Å². The lowest BCUT2D eigenvalue weighted by Crippen LogP contribution is -2.54. The van der Waals surface area contributed by atoms with Crippen LogP contribution in [0.15, 0.2) is 95.9 Å². The van der Waals surface area contributed by atoms with E-state index in [0.29, 0.717) is 21.2 Å². The van der Waals surface area contributed by atoms with E-state index in [2.05, 4.69) is 5.32 Å². The molecule has 4 aromatic carbocycles. The van der Waals surface area contributed by atoms with Crippen LogP contribution < -0.4 is 9.62 Å². The van der Waals surface area contributed by atoms with Crippen LogP contribution in [-0.2, 0) is 32.6 Å². The lowest BCUT2D eigenvalue weighted by atomic mass is 10.0. The monoisotopic (exact) mass is 699 g/mol. The van der Waals surface area contributed by atoms with Gasteiger partial charge in [0.1, 0.15) is 12.6 Å². The molecule has 4 rings (SSSR count). The van der Waals surface area contributed by atoms with E-state index in [1.807, 2.05) is 51.1 Å². The van der Waals surface area contributed by atoms with Crippen molar-refractivity contribution in [2.24, 2.45) is 0 Å². The zero-order chi connectivity index (χ0) is 33.6. The van der Waals surface area contributed by atoms with E-state index in [-0.39, 0.29) is 40.5 Å². The standard InChI is InChI=1S/C35H36Cl3N3O4S/c1-23(2)39-35(43)33(19-26-8-6-5-7-9-26)40(21-27-13-17-30(37)31(38)18-27)34(42)22-41(32-20-28(36)14-12-25(32)4)46(44,45)29-15-10-24(3)11-16-29/h5-18,20,23,33H,19,21-22H2,1-4H3,(H,39,43)/t33-/m0/s1. The number of benzene rings is 4. The molecule has 46 heavy (non-hydrogen) atoms. The van der Waals surface area contributed by atoms with Crippen molar-refractivity contribution in [2.45, 2.75) is 57.6 Å². The summed E-state index contributed by atoms with van der Waals surface area (Å²) in [6.45, 7) is 6.63. The molecule has 2 amide bonds. The summed E-state index contributed by atoms with van der Waals surface area (Å²) >= 11 is 18.9. The van der Waals surface area contributed by atoms with Crippen molar-refractivity contribution >= 4 is 62.3 Å². The minimum Gasteiger partial charge on any atom is -0.352 e. The molecule has 11 heteroatoms. The molecule has 0 aromatic heterocycles. The SMILES string of the molecule is Cc1ccc(S(=O)(=O)N(CC(=O)N(Cc2ccc(Cl)c(Cl)c2)[C@@H](Cc2ccccc2)C(=O)NC(C)C)c2cc(Cl)ccc2C)cc1. The van der Waals surface area contributed by atoms with Gasteiger partial charge >= 0.3 is 0 Å². The van der Waals surface area contributed by atoms with Crippen molar-refractivity contribution in [3.05, 3.63) is 128 Å². The predicted molar refractivity (Wildman–Crippen MR) is 186 cm³/mol. The van der Waals surface area contributed by atoms with Gasteiger partial charge < -0.3 is 10.2 Å². The quantitative estimate of drug-likeness (QED) is 0.165. The average molecular weight is 701 g/mol. The predicted octanol–water partition coefficient (Wildman–Crippen LogP) is 7.62. The van der Waals surface area contributed by atoms with Crippen molar-refractivity contribution in [1.82, 2.24) is 10.2 Å². The van der Waals surface area contributed by atoms with Crippen molar-refractivity contribution in [3.63, 3.8) is 0 Å². The molecule has 0 fully saturated rings. The van der Waals surface area contributed by atoms with Crippen molar-refractivity contribution < 1.29 is 18.0 Å². The summed E-state index contributed by atoms with van der Waals surface area (Å²) in [6, 6.07) is 24.4. The number of carbonyl (C=O) groups is 2. The third kappa shape index (κ3) is 8.82. The third-order valence-electron chi connectivity index (χ3n) is 7.37. The average Bonchev–Trinajstić information content (AvgIpc) is 3.01. The van der Waals surface area contributed by atoms with E-state index in [9.17, 15) is 18.0 Å². The number of amides is 2. The molecule has 1 N–H and O–H groups in total. The van der Waals surface area contributed by atoms with Crippen LogP contribution in [0, 0.1) is 13.8 Å². The van der Waals surface area contributed by atoms with Gasteiger partial charge in [0.05, 0.1) is 20.6 Å². The molecule has 242 valence electrons. The van der Waals surface area contributed by atoms with Crippen LogP contribution in [0.2, 0.25) is 15.1 Å². The van der Waals surface area contributed by atoms with Crippen LogP contribution in [-0.4, -0.2) is 43.8 Å². The molecule has 4 aromatic rings. The second kappa shape index (κ2) is 15.4. The van der Waals surface area contributed by atoms with Crippen LogP contribution in [0.1, 0.15) is 36.1 Å². The van der Waals surface area contributed by atoms with Crippen LogP contribution in [0.5, 0.6) is 0 Å². The number of halogens is 3. The minimum atomic E-state index is -4.26. The number of sulfonamides is 1. The van der Waals surface area contributed by atoms with Crippen LogP contribution in [0.3, 0.4) is 0 Å². The van der Waals surface area contributed by atoms with Gasteiger partial charge in [-0.1, -0.05) is 95.0 Å². The molecular formula is C35H36Cl3N3O4S. The highest BCUT2D eigenvalue weighted by molar-refractivity contribution is 7.92. The Morgan fingerprint density at radius 3 is 2.11 bits per heavy atom. The molecule has 0 aliphatic rings. The third-order valence-corrected chi connectivity index (χ3v) is 10.1. The Kier molecular flexibility index (Phi) is 11.8. The van der Waals surface area contributed by atoms with E-state index in [1.54, 1.807) is 49.4 Å². The molecule has 0 bridgehead atoms. The van der Waals surface area contributed by atoms with E-state index in [1.165, 1.54) is 23.1 Å².